The van der Waals surface area contributed by atoms with Gasteiger partial charge in [-0.3, -0.25) is 4.79 Å². The van der Waals surface area contributed by atoms with Crippen LogP contribution in [0.5, 0.6) is 0 Å². The first-order valence-electron chi connectivity index (χ1n) is 13.1. The van der Waals surface area contributed by atoms with Crippen LogP contribution in [0.3, 0.4) is 0 Å². The number of rotatable bonds is 11. The van der Waals surface area contributed by atoms with E-state index in [0.29, 0.717) is 39.5 Å². The van der Waals surface area contributed by atoms with Gasteiger partial charge < -0.3 is 21.0 Å². The topological polar surface area (TPSA) is 88.8 Å². The van der Waals surface area contributed by atoms with Crippen LogP contribution in [-0.2, 0) is 15.7 Å². The van der Waals surface area contributed by atoms with Crippen molar-refractivity contribution in [2.24, 2.45) is 0 Å². The third-order valence-corrected chi connectivity index (χ3v) is 7.50. The molecule has 1 amide bonds. The van der Waals surface area contributed by atoms with Crippen molar-refractivity contribution >= 4 is 23.6 Å². The van der Waals surface area contributed by atoms with Crippen LogP contribution in [-0.4, -0.2) is 42.1 Å². The first kappa shape index (κ1) is 34.1. The average Bonchev–Trinajstić information content (AvgIpc) is 3.45. The minimum absolute atomic E-state index is 0. The van der Waals surface area contributed by atoms with E-state index in [2.05, 4.69) is 5.32 Å². The number of carboxylic acids is 1. The summed E-state index contributed by atoms with van der Waals surface area (Å²) < 4.78 is 50.7. The Bertz CT molecular complexity index is 1560. The van der Waals surface area contributed by atoms with E-state index in [4.69, 9.17) is 9.15 Å². The number of amides is 1. The van der Waals surface area contributed by atoms with Crippen molar-refractivity contribution in [2.45, 2.75) is 31.7 Å². The van der Waals surface area contributed by atoms with E-state index in [1.165, 1.54) is 31.0 Å². The first-order chi connectivity index (χ1) is 20.0. The molecule has 0 bridgehead atoms. The largest absolute Gasteiger partial charge is 1.00 e. The van der Waals surface area contributed by atoms with Crippen LogP contribution in [0.1, 0.15) is 46.8 Å². The molecule has 2 unspecified atom stereocenters. The van der Waals surface area contributed by atoms with Gasteiger partial charge in [-0.15, -0.1) is 0 Å². The van der Waals surface area contributed by atoms with E-state index in [1.54, 1.807) is 24.3 Å². The van der Waals surface area contributed by atoms with Crippen LogP contribution >= 0.6 is 11.8 Å². The third-order valence-electron chi connectivity index (χ3n) is 6.86. The van der Waals surface area contributed by atoms with E-state index >= 15 is 0 Å². The average molecular weight is 606 g/mol. The number of benzene rings is 3. The maximum atomic E-state index is 13.4. The van der Waals surface area contributed by atoms with Gasteiger partial charge in [0.25, 0.3) is 5.91 Å². The van der Waals surface area contributed by atoms with Gasteiger partial charge in [0.2, 0.25) is 0 Å². The second-order valence-electron chi connectivity index (χ2n) is 9.66. The third kappa shape index (κ3) is 8.15. The van der Waals surface area contributed by atoms with Crippen molar-refractivity contribution in [3.63, 3.8) is 0 Å². The van der Waals surface area contributed by atoms with E-state index in [-0.39, 0.29) is 26.7 Å². The van der Waals surface area contributed by atoms with Crippen LogP contribution in [0.15, 0.2) is 83.3 Å². The summed E-state index contributed by atoms with van der Waals surface area (Å²) in [6.07, 6.45) is -2.98. The molecule has 2 N–H and O–H groups in total. The maximum Gasteiger partial charge on any atom is 1.00 e. The second-order valence-corrected chi connectivity index (χ2v) is 10.6. The van der Waals surface area contributed by atoms with Crippen molar-refractivity contribution in [3.8, 4) is 22.5 Å². The normalized spacial score (nSPS) is 12.7. The van der Waals surface area contributed by atoms with Crippen molar-refractivity contribution in [3.05, 3.63) is 107 Å². The number of hydrogen-bond acceptors (Lipinski definition) is 5. The number of carboxylic acid groups (broad SMARTS) is 1. The standard InChI is InChI=1S/C32H30F3NO5S.Li.H/c1-19-6-4-5-7-23(19)25-18-21(10-13-24(25)30(37)36-26(31(38)39)16-17-42-3)29(40-2)28-15-14-27(41-28)20-8-11-22(12-9-20)32(33,34)35;;/h4-15,18,26,29H,16-17H2,1-3H3,(H,36,37)(H,38,39);;/q;+1;-1. The molecule has 43 heavy (non-hydrogen) atoms. The van der Waals surface area contributed by atoms with Crippen LogP contribution < -0.4 is 24.2 Å². The van der Waals surface area contributed by atoms with Gasteiger partial charge in [-0.05, 0) is 84.0 Å². The zero-order valence-corrected chi connectivity index (χ0v) is 25.0. The minimum Gasteiger partial charge on any atom is -1.00 e. The van der Waals surface area contributed by atoms with E-state index in [9.17, 15) is 27.9 Å². The maximum absolute atomic E-state index is 13.4. The van der Waals surface area contributed by atoms with Crippen molar-refractivity contribution in [1.29, 1.82) is 0 Å². The molecule has 0 aliphatic carbocycles. The van der Waals surface area contributed by atoms with Gasteiger partial charge in [-0.2, -0.15) is 24.9 Å². The number of nitrogens with one attached hydrogen (secondary N) is 1. The predicted molar refractivity (Wildman–Crippen MR) is 158 cm³/mol. The zero-order chi connectivity index (χ0) is 30.4. The zero-order valence-electron chi connectivity index (χ0n) is 25.2. The Morgan fingerprint density at radius 3 is 2.33 bits per heavy atom. The van der Waals surface area contributed by atoms with Gasteiger partial charge >= 0.3 is 31.0 Å². The number of thioether (sulfide) groups is 1. The molecule has 0 saturated heterocycles. The molecule has 0 spiro atoms. The Labute approximate surface area is 265 Å². The van der Waals surface area contributed by atoms with Gasteiger partial charge in [0, 0.05) is 18.2 Å². The fourth-order valence-electron chi connectivity index (χ4n) is 4.64. The summed E-state index contributed by atoms with van der Waals surface area (Å²) in [6, 6.07) is 19.7. The van der Waals surface area contributed by atoms with E-state index in [1.807, 2.05) is 43.5 Å². The molecule has 6 nitrogen and oxygen atoms in total. The number of furan rings is 1. The molecule has 0 fully saturated rings. The van der Waals surface area contributed by atoms with E-state index < -0.39 is 35.8 Å². The Morgan fingerprint density at radius 2 is 1.72 bits per heavy atom. The fraction of sp³-hybridized carbons (Fsp3) is 0.250. The number of carbonyl (C=O) groups excluding carboxylic acids is 1. The molecular weight excluding hydrogens is 574 g/mol. The number of hydrogen-bond donors (Lipinski definition) is 2. The smallest absolute Gasteiger partial charge is 1.00 e. The molecule has 4 aromatic rings. The summed E-state index contributed by atoms with van der Waals surface area (Å²) in [6.45, 7) is 1.92. The number of carbonyl (C=O) groups is 2. The molecule has 0 aliphatic rings. The van der Waals surface area contributed by atoms with Gasteiger partial charge in [0.1, 0.15) is 23.7 Å². The summed E-state index contributed by atoms with van der Waals surface area (Å²) in [5, 5.41) is 12.3. The quantitative estimate of drug-likeness (QED) is 0.241. The molecule has 4 rings (SSSR count). The number of ether oxygens (including phenoxy) is 1. The van der Waals surface area contributed by atoms with Crippen LogP contribution in [0.4, 0.5) is 13.2 Å². The Morgan fingerprint density at radius 1 is 1.02 bits per heavy atom. The van der Waals surface area contributed by atoms with Crippen LogP contribution in [0.25, 0.3) is 22.5 Å². The minimum atomic E-state index is -4.44. The summed E-state index contributed by atoms with van der Waals surface area (Å²) in [4.78, 5) is 25.2. The molecule has 11 heteroatoms. The monoisotopic (exact) mass is 605 g/mol. The first-order valence-corrected chi connectivity index (χ1v) is 14.5. The predicted octanol–water partition coefficient (Wildman–Crippen LogP) is 4.73. The number of methoxy groups -OCH3 is 1. The van der Waals surface area contributed by atoms with Crippen molar-refractivity contribution in [1.82, 2.24) is 5.32 Å². The molecule has 3 aromatic carbocycles. The Balaban J connectivity index is 0.00000337. The van der Waals surface area contributed by atoms with Crippen LogP contribution in [0, 0.1) is 6.92 Å². The second kappa shape index (κ2) is 14.8. The molecular formula is C32H31F3LiNO5S. The molecule has 2 atom stereocenters. The van der Waals surface area contributed by atoms with Gasteiger partial charge in [-0.1, -0.05) is 42.5 Å². The van der Waals surface area contributed by atoms with Crippen LogP contribution in [0.2, 0.25) is 0 Å². The number of alkyl halides is 3. The Hall–Kier alpha value is -3.42. The van der Waals surface area contributed by atoms with Crippen molar-refractivity contribution < 1.29 is 57.3 Å². The summed E-state index contributed by atoms with van der Waals surface area (Å²) in [7, 11) is 1.50. The molecule has 1 aromatic heterocycles. The number of aliphatic carboxylic acids is 1. The van der Waals surface area contributed by atoms with Gasteiger partial charge in [0.05, 0.1) is 5.56 Å². The number of aryl methyl sites for hydroxylation is 1. The fourth-order valence-corrected chi connectivity index (χ4v) is 5.11. The number of halogens is 3. The van der Waals surface area contributed by atoms with Gasteiger partial charge in [-0.25, -0.2) is 4.79 Å². The summed E-state index contributed by atoms with van der Waals surface area (Å²) in [5.74, 6) is -0.241. The molecule has 222 valence electrons. The van der Waals surface area contributed by atoms with Gasteiger partial charge in [0.15, 0.2) is 0 Å². The molecule has 0 radical (unpaired) electrons. The SMILES string of the molecule is COC(c1ccc(C(=O)NC(CCSC)C(=O)O)c(-c2ccccc2C)c1)c1ccc(-c2ccc(C(F)(F)F)cc2)o1.[H-].[Li+]. The van der Waals surface area contributed by atoms with Crippen molar-refractivity contribution in [2.75, 3.05) is 19.1 Å². The molecule has 1 heterocycles. The summed E-state index contributed by atoms with van der Waals surface area (Å²) in [5.41, 5.74) is 3.00. The summed E-state index contributed by atoms with van der Waals surface area (Å²) >= 11 is 1.50. The van der Waals surface area contributed by atoms with E-state index in [0.717, 1.165) is 23.3 Å². The molecule has 0 saturated carbocycles. The Kier molecular flexibility index (Phi) is 11.8. The molecule has 0 aliphatic heterocycles.